The van der Waals surface area contributed by atoms with Crippen molar-refractivity contribution in [1.82, 2.24) is 10.2 Å². The molecule has 1 atom stereocenters. The summed E-state index contributed by atoms with van der Waals surface area (Å²) in [6.07, 6.45) is -2.39. The number of nitrogens with zero attached hydrogens (tertiary/aromatic N) is 1. The Bertz CT molecular complexity index is 389. The van der Waals surface area contributed by atoms with Crippen LogP contribution < -0.4 is 5.32 Å². The summed E-state index contributed by atoms with van der Waals surface area (Å²) >= 11 is 0. The minimum Gasteiger partial charge on any atom is -0.395 e. The molecule has 0 aliphatic carbocycles. The van der Waals surface area contributed by atoms with Gasteiger partial charge in [0.25, 0.3) is 6.43 Å². The van der Waals surface area contributed by atoms with E-state index in [-0.39, 0.29) is 25.1 Å². The van der Waals surface area contributed by atoms with E-state index in [2.05, 4.69) is 12.2 Å². The van der Waals surface area contributed by atoms with Crippen LogP contribution in [-0.2, 0) is 5.41 Å². The summed E-state index contributed by atoms with van der Waals surface area (Å²) in [5.41, 5.74) is 0.838. The molecule has 0 heterocycles. The van der Waals surface area contributed by atoms with Crippen LogP contribution in [0, 0.1) is 0 Å². The smallest absolute Gasteiger partial charge is 0.251 e. The number of hydrogen-bond donors (Lipinski definition) is 2. The van der Waals surface area contributed by atoms with E-state index in [9.17, 15) is 8.78 Å². The van der Waals surface area contributed by atoms with Crippen LogP contribution in [0.5, 0.6) is 0 Å². The summed E-state index contributed by atoms with van der Waals surface area (Å²) < 4.78 is 25.4. The Hall–Kier alpha value is -1.04. The second kappa shape index (κ2) is 9.07. The highest BCUT2D eigenvalue weighted by Gasteiger charge is 2.29. The van der Waals surface area contributed by atoms with Crippen molar-refractivity contribution in [1.29, 1.82) is 0 Å². The Morgan fingerprint density at radius 3 is 2.48 bits per heavy atom. The van der Waals surface area contributed by atoms with Gasteiger partial charge in [-0.05, 0) is 12.1 Å². The first kappa shape index (κ1) is 18.0. The van der Waals surface area contributed by atoms with Crippen molar-refractivity contribution < 1.29 is 13.9 Å². The monoisotopic (exact) mass is 300 g/mol. The lowest BCUT2D eigenvalue weighted by Crippen LogP contribution is -2.47. The molecule has 0 aliphatic heterocycles. The van der Waals surface area contributed by atoms with Crippen LogP contribution in [0.1, 0.15) is 19.4 Å². The summed E-state index contributed by atoms with van der Waals surface area (Å²) in [7, 11) is 0. The molecule has 0 saturated heterocycles. The molecule has 0 fully saturated rings. The standard InChI is InChI=1S/C16H26F2N2O/c1-3-19-12-16(2,14-7-5-4-6-8-14)13-20(9-10-21)11-15(17)18/h4-8,15,19,21H,3,9-13H2,1-2H3. The fourth-order valence-electron chi connectivity index (χ4n) is 2.56. The predicted molar refractivity (Wildman–Crippen MR) is 81.9 cm³/mol. The molecule has 0 radical (unpaired) electrons. The molecule has 3 nitrogen and oxygen atoms in total. The first-order valence-electron chi connectivity index (χ1n) is 7.39. The lowest BCUT2D eigenvalue weighted by molar-refractivity contribution is 0.0666. The van der Waals surface area contributed by atoms with E-state index in [4.69, 9.17) is 5.11 Å². The maximum Gasteiger partial charge on any atom is 0.251 e. The maximum atomic E-state index is 12.7. The van der Waals surface area contributed by atoms with Gasteiger partial charge in [0.05, 0.1) is 13.2 Å². The Balaban J connectivity index is 2.89. The zero-order chi connectivity index (χ0) is 15.7. The Morgan fingerprint density at radius 2 is 1.95 bits per heavy atom. The molecule has 120 valence electrons. The van der Waals surface area contributed by atoms with Gasteiger partial charge >= 0.3 is 0 Å². The minimum atomic E-state index is -2.39. The molecule has 0 aliphatic rings. The van der Waals surface area contributed by atoms with Crippen LogP contribution in [0.3, 0.4) is 0 Å². The summed E-state index contributed by atoms with van der Waals surface area (Å²) in [5.74, 6) is 0. The molecular weight excluding hydrogens is 274 g/mol. The molecule has 0 aromatic heterocycles. The van der Waals surface area contributed by atoms with Crippen LogP contribution in [0.25, 0.3) is 0 Å². The number of aliphatic hydroxyl groups excluding tert-OH is 1. The van der Waals surface area contributed by atoms with Gasteiger partial charge in [-0.2, -0.15) is 0 Å². The third-order valence-corrected chi connectivity index (χ3v) is 3.62. The zero-order valence-corrected chi connectivity index (χ0v) is 12.9. The van der Waals surface area contributed by atoms with Crippen LogP contribution >= 0.6 is 0 Å². The Morgan fingerprint density at radius 1 is 1.29 bits per heavy atom. The molecule has 1 unspecified atom stereocenters. The number of rotatable bonds is 10. The molecule has 1 rings (SSSR count). The number of likely N-dealkylation sites (N-methyl/N-ethyl adjacent to an activating group) is 1. The first-order valence-corrected chi connectivity index (χ1v) is 7.39. The van der Waals surface area contributed by atoms with E-state index in [0.717, 1.165) is 12.1 Å². The predicted octanol–water partition coefficient (Wildman–Crippen LogP) is 2.11. The van der Waals surface area contributed by atoms with E-state index in [1.54, 1.807) is 4.90 Å². The lowest BCUT2D eigenvalue weighted by Gasteiger charge is -2.36. The van der Waals surface area contributed by atoms with E-state index in [1.165, 1.54) is 0 Å². The van der Waals surface area contributed by atoms with Crippen molar-refractivity contribution in [3.05, 3.63) is 35.9 Å². The van der Waals surface area contributed by atoms with Gasteiger partial charge in [-0.1, -0.05) is 44.2 Å². The molecule has 1 aromatic carbocycles. The van der Waals surface area contributed by atoms with Crippen LogP contribution in [-0.4, -0.2) is 55.8 Å². The van der Waals surface area contributed by atoms with Crippen molar-refractivity contribution in [3.8, 4) is 0 Å². The van der Waals surface area contributed by atoms with Gasteiger partial charge in [0.15, 0.2) is 0 Å². The van der Waals surface area contributed by atoms with E-state index in [1.807, 2.05) is 37.3 Å². The zero-order valence-electron chi connectivity index (χ0n) is 12.9. The van der Waals surface area contributed by atoms with Gasteiger partial charge in [-0.3, -0.25) is 4.90 Å². The molecule has 21 heavy (non-hydrogen) atoms. The van der Waals surface area contributed by atoms with Gasteiger partial charge < -0.3 is 10.4 Å². The second-order valence-corrected chi connectivity index (χ2v) is 5.56. The molecule has 2 N–H and O–H groups in total. The summed E-state index contributed by atoms with van der Waals surface area (Å²) in [5, 5.41) is 12.4. The van der Waals surface area contributed by atoms with Crippen LogP contribution in [0.15, 0.2) is 30.3 Å². The van der Waals surface area contributed by atoms with Gasteiger partial charge in [0, 0.05) is 25.0 Å². The third-order valence-electron chi connectivity index (χ3n) is 3.62. The average Bonchev–Trinajstić information content (AvgIpc) is 2.45. The highest BCUT2D eigenvalue weighted by Crippen LogP contribution is 2.24. The Labute approximate surface area is 126 Å². The van der Waals surface area contributed by atoms with Gasteiger partial charge in [0.2, 0.25) is 0 Å². The quantitative estimate of drug-likeness (QED) is 0.695. The molecule has 0 bridgehead atoms. The molecule has 1 aromatic rings. The number of alkyl halides is 2. The molecular formula is C16H26F2N2O. The summed E-state index contributed by atoms with van der Waals surface area (Å²) in [4.78, 5) is 1.63. The van der Waals surface area contributed by atoms with Gasteiger partial charge in [-0.25, -0.2) is 8.78 Å². The largest absolute Gasteiger partial charge is 0.395 e. The van der Waals surface area contributed by atoms with Crippen molar-refractivity contribution in [3.63, 3.8) is 0 Å². The number of hydrogen-bond acceptors (Lipinski definition) is 3. The van der Waals surface area contributed by atoms with E-state index < -0.39 is 6.43 Å². The molecule has 0 spiro atoms. The molecule has 5 heteroatoms. The third kappa shape index (κ3) is 6.08. The van der Waals surface area contributed by atoms with Crippen molar-refractivity contribution >= 4 is 0 Å². The SMILES string of the molecule is CCNCC(C)(CN(CCO)CC(F)F)c1ccccc1. The minimum absolute atomic E-state index is 0.112. The Kier molecular flexibility index (Phi) is 7.78. The van der Waals surface area contributed by atoms with Gasteiger partial charge in [-0.15, -0.1) is 0 Å². The van der Waals surface area contributed by atoms with Crippen LogP contribution in [0.4, 0.5) is 8.78 Å². The average molecular weight is 300 g/mol. The van der Waals surface area contributed by atoms with Gasteiger partial charge in [0.1, 0.15) is 0 Å². The topological polar surface area (TPSA) is 35.5 Å². The lowest BCUT2D eigenvalue weighted by atomic mass is 9.81. The summed E-state index contributed by atoms with van der Waals surface area (Å²) in [6.45, 7) is 5.95. The molecule has 0 amide bonds. The normalized spacial score (nSPS) is 14.6. The fourth-order valence-corrected chi connectivity index (χ4v) is 2.56. The number of benzene rings is 1. The second-order valence-electron chi connectivity index (χ2n) is 5.56. The highest BCUT2D eigenvalue weighted by molar-refractivity contribution is 5.25. The van der Waals surface area contributed by atoms with Crippen molar-refractivity contribution in [2.24, 2.45) is 0 Å². The number of halogens is 2. The number of nitrogens with one attached hydrogen (secondary N) is 1. The van der Waals surface area contributed by atoms with E-state index >= 15 is 0 Å². The van der Waals surface area contributed by atoms with E-state index in [0.29, 0.717) is 13.1 Å². The van der Waals surface area contributed by atoms with Crippen LogP contribution in [0.2, 0.25) is 0 Å². The van der Waals surface area contributed by atoms with Crippen molar-refractivity contribution in [2.75, 3.05) is 39.3 Å². The molecule has 0 saturated carbocycles. The highest BCUT2D eigenvalue weighted by atomic mass is 19.3. The summed E-state index contributed by atoms with van der Waals surface area (Å²) in [6, 6.07) is 9.92. The number of aliphatic hydroxyl groups is 1. The first-order chi connectivity index (χ1) is 10.0. The maximum absolute atomic E-state index is 12.7. The van der Waals surface area contributed by atoms with Crippen molar-refractivity contribution in [2.45, 2.75) is 25.7 Å². The fraction of sp³-hybridized carbons (Fsp3) is 0.625.